The van der Waals surface area contributed by atoms with Crippen LogP contribution in [0.5, 0.6) is 0 Å². The van der Waals surface area contributed by atoms with Gasteiger partial charge in [-0.05, 0) is 51.6 Å². The van der Waals surface area contributed by atoms with Crippen molar-refractivity contribution in [1.29, 1.82) is 0 Å². The molecule has 0 spiro atoms. The molecule has 1 atom stereocenters. The minimum absolute atomic E-state index is 0.416. The summed E-state index contributed by atoms with van der Waals surface area (Å²) in [4.78, 5) is 23.4. The fourth-order valence-corrected chi connectivity index (χ4v) is 4.43. The summed E-state index contributed by atoms with van der Waals surface area (Å²) >= 11 is 1.29. The number of likely N-dealkylation sites (N-methyl/N-ethyl adjacent to an activating group) is 1. The number of carbonyl (C=O) groups excluding carboxylic acids is 2. The lowest BCUT2D eigenvalue weighted by molar-refractivity contribution is 0.112. The van der Waals surface area contributed by atoms with Crippen molar-refractivity contribution in [2.24, 2.45) is 5.73 Å². The highest BCUT2D eigenvalue weighted by Gasteiger charge is 2.16. The number of piperidine rings is 1. The van der Waals surface area contributed by atoms with Gasteiger partial charge in [0.1, 0.15) is 0 Å². The van der Waals surface area contributed by atoms with Gasteiger partial charge in [0.05, 0.1) is 22.4 Å². The number of nitrogens with zero attached hydrogens (tertiary/aromatic N) is 2. The van der Waals surface area contributed by atoms with E-state index in [0.717, 1.165) is 34.4 Å². The first-order chi connectivity index (χ1) is 15.0. The fourth-order valence-electron chi connectivity index (χ4n) is 3.44. The normalized spacial score (nSPS) is 15.6. The van der Waals surface area contributed by atoms with E-state index in [9.17, 15) is 9.59 Å². The first-order valence-electron chi connectivity index (χ1n) is 10.2. The number of nitrogens with two attached hydrogens (primary N) is 1. The molecule has 0 saturated carbocycles. The number of rotatable bonds is 5. The van der Waals surface area contributed by atoms with Crippen molar-refractivity contribution in [2.45, 2.75) is 25.8 Å². The van der Waals surface area contributed by atoms with Gasteiger partial charge in [0.15, 0.2) is 6.29 Å². The predicted molar refractivity (Wildman–Crippen MR) is 125 cm³/mol. The van der Waals surface area contributed by atoms with Crippen LogP contribution < -0.4 is 21.7 Å². The first kappa shape index (κ1) is 22.7. The second kappa shape index (κ2) is 10.9. The summed E-state index contributed by atoms with van der Waals surface area (Å²) in [5.74, 6) is 0. The number of aromatic nitrogens is 2. The van der Waals surface area contributed by atoms with Gasteiger partial charge in [0, 0.05) is 28.7 Å². The number of amides is 2. The molecule has 9 heteroatoms. The summed E-state index contributed by atoms with van der Waals surface area (Å²) < 4.78 is 1.83. The molecule has 31 heavy (non-hydrogen) atoms. The minimum atomic E-state index is -0.700. The second-order valence-corrected chi connectivity index (χ2v) is 8.30. The molecule has 1 aliphatic heterocycles. The Bertz CT molecular complexity index is 1010. The maximum Gasteiger partial charge on any atom is 0.316 e. The third-order valence-corrected chi connectivity index (χ3v) is 6.20. The lowest BCUT2D eigenvalue weighted by Gasteiger charge is -2.21. The van der Waals surface area contributed by atoms with Crippen molar-refractivity contribution in [3.05, 3.63) is 53.2 Å². The number of hydrogen-bond acceptors (Lipinski definition) is 6. The van der Waals surface area contributed by atoms with Gasteiger partial charge in [-0.1, -0.05) is 18.2 Å². The number of hydrogen-bond donors (Lipinski definition) is 4. The predicted octanol–water partition coefficient (Wildman–Crippen LogP) is 3.17. The maximum atomic E-state index is 11.2. The Morgan fingerprint density at radius 1 is 1.35 bits per heavy atom. The first-order valence-corrected chi connectivity index (χ1v) is 11.0. The number of carbonyl (C=O) groups is 2. The minimum Gasteiger partial charge on any atom is -0.351 e. The van der Waals surface area contributed by atoms with Crippen LogP contribution in [0.3, 0.4) is 0 Å². The van der Waals surface area contributed by atoms with Crippen molar-refractivity contribution >= 4 is 29.3 Å². The highest BCUT2D eigenvalue weighted by atomic mass is 32.1. The molecule has 2 aromatic heterocycles. The van der Waals surface area contributed by atoms with E-state index >= 15 is 0 Å². The summed E-state index contributed by atoms with van der Waals surface area (Å²) in [5, 5.41) is 13.4. The number of nitrogens with one attached hydrogen (secondary N) is 3. The standard InChI is InChI=1S/C16H14N4O2S.C6H14N2/c1-10-12(8-18-20(10)11-5-3-2-4-6-11)14-7-13(19-16(17)22)15(9-21)23-14;1-7-6-3-2-4-8-5-6/h2-9H,1H3,(H3,17,19,22);6-8H,2-5H2,1H3. The molecule has 2 amide bonds. The largest absolute Gasteiger partial charge is 0.351 e. The van der Waals surface area contributed by atoms with Gasteiger partial charge in [-0.3, -0.25) is 4.79 Å². The Hall–Kier alpha value is -3.01. The van der Waals surface area contributed by atoms with Gasteiger partial charge in [0.2, 0.25) is 0 Å². The summed E-state index contributed by atoms with van der Waals surface area (Å²) in [6, 6.07) is 11.5. The molecule has 1 unspecified atom stereocenters. The van der Waals surface area contributed by atoms with Gasteiger partial charge in [-0.15, -0.1) is 11.3 Å². The lowest BCUT2D eigenvalue weighted by Crippen LogP contribution is -2.41. The summed E-state index contributed by atoms with van der Waals surface area (Å²) in [7, 11) is 2.03. The number of para-hydroxylation sites is 1. The molecule has 0 radical (unpaired) electrons. The molecule has 164 valence electrons. The van der Waals surface area contributed by atoms with Crippen LogP contribution in [-0.4, -0.2) is 48.3 Å². The highest BCUT2D eigenvalue weighted by molar-refractivity contribution is 7.17. The highest BCUT2D eigenvalue weighted by Crippen LogP contribution is 2.35. The van der Waals surface area contributed by atoms with E-state index in [1.165, 1.54) is 30.7 Å². The number of aldehydes is 1. The Kier molecular flexibility index (Phi) is 7.94. The van der Waals surface area contributed by atoms with Crippen LogP contribution in [0.25, 0.3) is 16.1 Å². The molecule has 1 aromatic carbocycles. The molecule has 4 rings (SSSR count). The Balaban J connectivity index is 0.000000287. The van der Waals surface area contributed by atoms with Crippen molar-refractivity contribution < 1.29 is 9.59 Å². The van der Waals surface area contributed by atoms with Crippen LogP contribution >= 0.6 is 11.3 Å². The van der Waals surface area contributed by atoms with Gasteiger partial charge in [0.25, 0.3) is 0 Å². The second-order valence-electron chi connectivity index (χ2n) is 7.22. The third kappa shape index (κ3) is 5.78. The molecule has 0 aliphatic carbocycles. The van der Waals surface area contributed by atoms with Crippen molar-refractivity contribution in [2.75, 3.05) is 25.5 Å². The van der Waals surface area contributed by atoms with Crippen molar-refractivity contribution in [3.63, 3.8) is 0 Å². The van der Waals surface area contributed by atoms with Crippen molar-refractivity contribution in [1.82, 2.24) is 20.4 Å². The van der Waals surface area contributed by atoms with E-state index in [4.69, 9.17) is 5.73 Å². The lowest BCUT2D eigenvalue weighted by atomic mass is 10.1. The average Bonchev–Trinajstić information content (AvgIpc) is 3.37. The zero-order valence-electron chi connectivity index (χ0n) is 17.7. The fraction of sp³-hybridized carbons (Fsp3) is 0.318. The monoisotopic (exact) mass is 440 g/mol. The van der Waals surface area contributed by atoms with Crippen LogP contribution in [0.4, 0.5) is 10.5 Å². The smallest absolute Gasteiger partial charge is 0.316 e. The summed E-state index contributed by atoms with van der Waals surface area (Å²) in [6.07, 6.45) is 5.11. The SMILES string of the molecule is CNC1CCCNC1.Cc1c(-c2cc(NC(N)=O)c(C=O)s2)cnn1-c1ccccc1. The maximum absolute atomic E-state index is 11.2. The topological polar surface area (TPSA) is 114 Å². The average molecular weight is 441 g/mol. The number of primary amides is 1. The molecule has 8 nitrogen and oxygen atoms in total. The van der Waals surface area contributed by atoms with Gasteiger partial charge < -0.3 is 21.7 Å². The van der Waals surface area contributed by atoms with E-state index in [1.54, 1.807) is 12.3 Å². The van der Waals surface area contributed by atoms with Gasteiger partial charge in [-0.2, -0.15) is 5.10 Å². The third-order valence-electron chi connectivity index (χ3n) is 5.11. The zero-order chi connectivity index (χ0) is 22.2. The molecule has 1 fully saturated rings. The van der Waals surface area contributed by atoms with Crippen LogP contribution in [-0.2, 0) is 0 Å². The number of anilines is 1. The van der Waals surface area contributed by atoms with E-state index in [1.807, 2.05) is 49.0 Å². The van der Waals surface area contributed by atoms with E-state index in [-0.39, 0.29) is 0 Å². The number of benzene rings is 1. The molecule has 1 aliphatic rings. The van der Waals surface area contributed by atoms with E-state index < -0.39 is 6.03 Å². The van der Waals surface area contributed by atoms with Gasteiger partial charge >= 0.3 is 6.03 Å². The molecule has 3 aromatic rings. The van der Waals surface area contributed by atoms with E-state index in [2.05, 4.69) is 21.0 Å². The molecule has 3 heterocycles. The number of thiophene rings is 1. The van der Waals surface area contributed by atoms with Crippen LogP contribution in [0.2, 0.25) is 0 Å². The van der Waals surface area contributed by atoms with Crippen molar-refractivity contribution in [3.8, 4) is 16.1 Å². The van der Waals surface area contributed by atoms with Crippen LogP contribution in [0, 0.1) is 6.92 Å². The van der Waals surface area contributed by atoms with Crippen LogP contribution in [0.1, 0.15) is 28.2 Å². The molecule has 5 N–H and O–H groups in total. The van der Waals surface area contributed by atoms with E-state index in [0.29, 0.717) is 16.9 Å². The van der Waals surface area contributed by atoms with Gasteiger partial charge in [-0.25, -0.2) is 9.48 Å². The quantitative estimate of drug-likeness (QED) is 0.455. The molecular weight excluding hydrogens is 412 g/mol. The Morgan fingerprint density at radius 2 is 2.13 bits per heavy atom. The Labute approximate surface area is 185 Å². The van der Waals surface area contributed by atoms with Crippen LogP contribution in [0.15, 0.2) is 42.6 Å². The molecular formula is C22H28N6O2S. The summed E-state index contributed by atoms with van der Waals surface area (Å²) in [6.45, 7) is 4.31. The summed E-state index contributed by atoms with van der Waals surface area (Å²) in [5.41, 5.74) is 8.35. The molecule has 1 saturated heterocycles. The molecule has 0 bridgehead atoms. The Morgan fingerprint density at radius 3 is 2.71 bits per heavy atom. The number of urea groups is 1. The zero-order valence-corrected chi connectivity index (χ0v) is 18.5.